The molecule has 2 aliphatic rings. The van der Waals surface area contributed by atoms with Crippen LogP contribution in [0.25, 0.3) is 0 Å². The number of ether oxygens (including phenoxy) is 1. The molecule has 5 heteroatoms. The predicted molar refractivity (Wildman–Crippen MR) is 99.5 cm³/mol. The van der Waals surface area contributed by atoms with Gasteiger partial charge in [0.15, 0.2) is 0 Å². The fourth-order valence-electron chi connectivity index (χ4n) is 3.56. The van der Waals surface area contributed by atoms with Gasteiger partial charge >= 0.3 is 0 Å². The lowest BCUT2D eigenvalue weighted by Gasteiger charge is -2.19. The number of rotatable bonds is 7. The van der Waals surface area contributed by atoms with Gasteiger partial charge in [0.1, 0.15) is 0 Å². The Bertz CT molecular complexity index is 855. The zero-order valence-electron chi connectivity index (χ0n) is 15.0. The lowest BCUT2D eigenvalue weighted by molar-refractivity contribution is 0.0941. The standard InChI is InChI=1S/C21H24N2O3/c1-2-26-14-21(10-11-21)23-13-16(8-9-19(23)24)20(25)22-18-12-17(18)15-6-4-3-5-7-15/h3-9,13,17-18H,2,10-12,14H2,1H3,(H,22,25)/t17-,18+/m0/s1. The van der Waals surface area contributed by atoms with Crippen LogP contribution in [0.5, 0.6) is 0 Å². The zero-order valence-corrected chi connectivity index (χ0v) is 15.0. The van der Waals surface area contributed by atoms with Crippen LogP contribution in [0.4, 0.5) is 0 Å². The van der Waals surface area contributed by atoms with E-state index in [1.165, 1.54) is 11.6 Å². The first-order valence-electron chi connectivity index (χ1n) is 9.30. The molecule has 2 aliphatic carbocycles. The molecule has 2 saturated carbocycles. The van der Waals surface area contributed by atoms with E-state index in [2.05, 4.69) is 17.4 Å². The summed E-state index contributed by atoms with van der Waals surface area (Å²) < 4.78 is 7.24. The van der Waals surface area contributed by atoms with Crippen LogP contribution in [0.2, 0.25) is 0 Å². The van der Waals surface area contributed by atoms with Crippen LogP contribution < -0.4 is 10.9 Å². The van der Waals surface area contributed by atoms with Crippen LogP contribution in [0.1, 0.15) is 48.0 Å². The van der Waals surface area contributed by atoms with Crippen LogP contribution >= 0.6 is 0 Å². The van der Waals surface area contributed by atoms with E-state index >= 15 is 0 Å². The van der Waals surface area contributed by atoms with Crippen molar-refractivity contribution in [3.05, 3.63) is 70.1 Å². The van der Waals surface area contributed by atoms with Gasteiger partial charge in [-0.15, -0.1) is 0 Å². The van der Waals surface area contributed by atoms with Crippen LogP contribution in [-0.4, -0.2) is 29.7 Å². The van der Waals surface area contributed by atoms with Crippen molar-refractivity contribution in [1.29, 1.82) is 0 Å². The number of carbonyl (C=O) groups is 1. The minimum atomic E-state index is -0.268. The summed E-state index contributed by atoms with van der Waals surface area (Å²) >= 11 is 0. The van der Waals surface area contributed by atoms with Gasteiger partial charge in [0.25, 0.3) is 11.5 Å². The number of amides is 1. The topological polar surface area (TPSA) is 60.3 Å². The third kappa shape index (κ3) is 3.31. The van der Waals surface area contributed by atoms with E-state index < -0.39 is 0 Å². The van der Waals surface area contributed by atoms with Crippen molar-refractivity contribution in [3.63, 3.8) is 0 Å². The van der Waals surface area contributed by atoms with Gasteiger partial charge in [0.05, 0.1) is 17.7 Å². The van der Waals surface area contributed by atoms with Gasteiger partial charge in [-0.05, 0) is 37.8 Å². The fourth-order valence-corrected chi connectivity index (χ4v) is 3.56. The average Bonchev–Trinajstić information content (AvgIpc) is 3.57. The van der Waals surface area contributed by atoms with Crippen molar-refractivity contribution < 1.29 is 9.53 Å². The second-order valence-corrected chi connectivity index (χ2v) is 7.32. The minimum Gasteiger partial charge on any atom is -0.379 e. The molecule has 0 radical (unpaired) electrons. The number of nitrogens with one attached hydrogen (secondary N) is 1. The molecule has 1 aromatic carbocycles. The summed E-state index contributed by atoms with van der Waals surface area (Å²) in [5.41, 5.74) is 1.45. The molecule has 2 atom stereocenters. The molecule has 2 fully saturated rings. The van der Waals surface area contributed by atoms with Gasteiger partial charge < -0.3 is 14.6 Å². The molecule has 136 valence electrons. The quantitative estimate of drug-likeness (QED) is 0.833. The maximum atomic E-state index is 12.6. The first-order chi connectivity index (χ1) is 12.6. The van der Waals surface area contributed by atoms with Gasteiger partial charge in [-0.1, -0.05) is 30.3 Å². The van der Waals surface area contributed by atoms with Crippen LogP contribution in [0, 0.1) is 0 Å². The molecule has 26 heavy (non-hydrogen) atoms. The highest BCUT2D eigenvalue weighted by Crippen LogP contribution is 2.43. The number of aromatic nitrogens is 1. The maximum Gasteiger partial charge on any atom is 0.253 e. The third-order valence-electron chi connectivity index (χ3n) is 5.42. The Morgan fingerprint density at radius 2 is 2.00 bits per heavy atom. The summed E-state index contributed by atoms with van der Waals surface area (Å²) in [4.78, 5) is 24.9. The lowest BCUT2D eigenvalue weighted by atomic mass is 10.1. The van der Waals surface area contributed by atoms with Crippen molar-refractivity contribution in [2.75, 3.05) is 13.2 Å². The molecule has 1 amide bonds. The Labute approximate surface area is 153 Å². The van der Waals surface area contributed by atoms with Crippen molar-refractivity contribution >= 4 is 5.91 Å². The number of benzene rings is 1. The molecule has 4 rings (SSSR count). The van der Waals surface area contributed by atoms with Gasteiger partial charge in [0, 0.05) is 30.8 Å². The average molecular weight is 352 g/mol. The lowest BCUT2D eigenvalue weighted by Crippen LogP contribution is -2.35. The molecule has 0 unspecified atom stereocenters. The van der Waals surface area contributed by atoms with Gasteiger partial charge in [0.2, 0.25) is 0 Å². The van der Waals surface area contributed by atoms with E-state index in [1.807, 2.05) is 25.1 Å². The Morgan fingerprint density at radius 1 is 1.23 bits per heavy atom. The molecule has 1 aromatic heterocycles. The summed E-state index contributed by atoms with van der Waals surface area (Å²) in [5.74, 6) is 0.271. The molecular weight excluding hydrogens is 328 g/mol. The highest BCUT2D eigenvalue weighted by Gasteiger charge is 2.46. The summed E-state index contributed by atoms with van der Waals surface area (Å²) in [6.07, 6.45) is 4.49. The Morgan fingerprint density at radius 3 is 2.69 bits per heavy atom. The smallest absolute Gasteiger partial charge is 0.253 e. The molecule has 0 bridgehead atoms. The molecule has 0 spiro atoms. The van der Waals surface area contributed by atoms with Crippen molar-refractivity contribution in [2.24, 2.45) is 0 Å². The Kier molecular flexibility index (Phi) is 4.41. The highest BCUT2D eigenvalue weighted by molar-refractivity contribution is 5.94. The van der Waals surface area contributed by atoms with Crippen LogP contribution in [0.15, 0.2) is 53.5 Å². The van der Waals surface area contributed by atoms with E-state index in [0.29, 0.717) is 24.7 Å². The summed E-state index contributed by atoms with van der Waals surface area (Å²) in [7, 11) is 0. The monoisotopic (exact) mass is 352 g/mol. The zero-order chi connectivity index (χ0) is 18.1. The SMILES string of the molecule is CCOCC1(n2cc(C(=O)N[C@@H]3C[C@H]3c3ccccc3)ccc2=O)CC1. The largest absolute Gasteiger partial charge is 0.379 e. The summed E-state index contributed by atoms with van der Waals surface area (Å²) in [6, 6.07) is 13.5. The molecule has 5 nitrogen and oxygen atoms in total. The summed E-state index contributed by atoms with van der Waals surface area (Å²) in [5, 5.41) is 3.09. The van der Waals surface area contributed by atoms with Crippen LogP contribution in [0.3, 0.4) is 0 Å². The second kappa shape index (κ2) is 6.72. The Balaban J connectivity index is 1.46. The third-order valence-corrected chi connectivity index (χ3v) is 5.42. The number of nitrogens with zero attached hydrogens (tertiary/aromatic N) is 1. The fraction of sp³-hybridized carbons (Fsp3) is 0.429. The highest BCUT2D eigenvalue weighted by atomic mass is 16.5. The number of pyridine rings is 1. The summed E-state index contributed by atoms with van der Waals surface area (Å²) in [6.45, 7) is 3.09. The van der Waals surface area contributed by atoms with E-state index in [0.717, 1.165) is 19.3 Å². The van der Waals surface area contributed by atoms with E-state index in [1.54, 1.807) is 16.8 Å². The molecule has 0 saturated heterocycles. The molecule has 0 aliphatic heterocycles. The first-order valence-corrected chi connectivity index (χ1v) is 9.30. The normalized spacial score (nSPS) is 22.7. The second-order valence-electron chi connectivity index (χ2n) is 7.32. The van der Waals surface area contributed by atoms with E-state index in [4.69, 9.17) is 4.74 Å². The molecule has 1 N–H and O–H groups in total. The number of hydrogen-bond acceptors (Lipinski definition) is 3. The van der Waals surface area contributed by atoms with E-state index in [9.17, 15) is 9.59 Å². The number of hydrogen-bond donors (Lipinski definition) is 1. The maximum absolute atomic E-state index is 12.6. The Hall–Kier alpha value is -2.40. The minimum absolute atomic E-state index is 0.0765. The van der Waals surface area contributed by atoms with Crippen molar-refractivity contribution in [1.82, 2.24) is 9.88 Å². The first kappa shape index (κ1) is 17.0. The molecule has 2 aromatic rings. The van der Waals surface area contributed by atoms with E-state index in [-0.39, 0.29) is 23.0 Å². The van der Waals surface area contributed by atoms with Crippen molar-refractivity contribution in [3.8, 4) is 0 Å². The number of carbonyl (C=O) groups excluding carboxylic acids is 1. The molecular formula is C21H24N2O3. The molecule has 1 heterocycles. The van der Waals surface area contributed by atoms with Gasteiger partial charge in [-0.2, -0.15) is 0 Å². The van der Waals surface area contributed by atoms with Crippen LogP contribution in [-0.2, 0) is 10.3 Å². The van der Waals surface area contributed by atoms with Gasteiger partial charge in [-0.3, -0.25) is 9.59 Å². The van der Waals surface area contributed by atoms with Gasteiger partial charge in [-0.25, -0.2) is 0 Å². The van der Waals surface area contributed by atoms with Crippen molar-refractivity contribution in [2.45, 2.75) is 43.7 Å². The predicted octanol–water partition coefficient (Wildman–Crippen LogP) is 2.66.